The van der Waals surface area contributed by atoms with E-state index in [1.54, 1.807) is 31.2 Å². The molecule has 0 saturated heterocycles. The standard InChI is InChI=1S/C20H26N2O2S/c1-15(2)19-9-7-18(8-10-19)13-14-21-17(4)22-25(23,24)20-11-5-16(3)6-12-20/h5-12,15H,13-14H2,1-4H3,(H,21,22). The molecule has 0 aliphatic heterocycles. The van der Waals surface area contributed by atoms with Crippen LogP contribution in [0.1, 0.15) is 43.4 Å². The predicted octanol–water partition coefficient (Wildman–Crippen LogP) is 4.06. The summed E-state index contributed by atoms with van der Waals surface area (Å²) in [6, 6.07) is 15.2. The molecule has 2 aromatic carbocycles. The number of amidine groups is 1. The minimum absolute atomic E-state index is 0.247. The number of hydrogen-bond donors (Lipinski definition) is 1. The van der Waals surface area contributed by atoms with Gasteiger partial charge in [-0.1, -0.05) is 55.8 Å². The lowest BCUT2D eigenvalue weighted by Crippen LogP contribution is -2.28. The lowest BCUT2D eigenvalue weighted by molar-refractivity contribution is 0.592. The third-order valence-electron chi connectivity index (χ3n) is 4.01. The minimum atomic E-state index is -3.57. The van der Waals surface area contributed by atoms with Gasteiger partial charge < -0.3 is 0 Å². The molecular formula is C20H26N2O2S. The summed E-state index contributed by atoms with van der Waals surface area (Å²) in [6.45, 7) is 8.48. The largest absolute Gasteiger partial charge is 0.272 e. The number of aliphatic imine (C=N–C) groups is 1. The summed E-state index contributed by atoms with van der Waals surface area (Å²) in [5, 5.41) is 0. The van der Waals surface area contributed by atoms with Crippen molar-refractivity contribution in [2.24, 2.45) is 4.99 Å². The molecule has 0 atom stereocenters. The molecule has 0 radical (unpaired) electrons. The highest BCUT2D eigenvalue weighted by Gasteiger charge is 2.13. The maximum atomic E-state index is 12.3. The summed E-state index contributed by atoms with van der Waals surface area (Å²) in [7, 11) is -3.57. The summed E-state index contributed by atoms with van der Waals surface area (Å²) >= 11 is 0. The molecule has 2 aromatic rings. The molecule has 0 heterocycles. The zero-order valence-corrected chi connectivity index (χ0v) is 16.1. The van der Waals surface area contributed by atoms with Gasteiger partial charge >= 0.3 is 0 Å². The SMILES string of the molecule is CC(=NCCc1ccc(C(C)C)cc1)NS(=O)(=O)c1ccc(C)cc1. The zero-order valence-electron chi connectivity index (χ0n) is 15.3. The second-order valence-corrected chi connectivity index (χ2v) is 8.21. The summed E-state index contributed by atoms with van der Waals surface area (Å²) < 4.78 is 27.1. The summed E-state index contributed by atoms with van der Waals surface area (Å²) in [5.41, 5.74) is 3.53. The van der Waals surface area contributed by atoms with Crippen LogP contribution in [-0.2, 0) is 16.4 Å². The topological polar surface area (TPSA) is 58.5 Å². The van der Waals surface area contributed by atoms with Crippen molar-refractivity contribution in [1.29, 1.82) is 0 Å². The third-order valence-corrected chi connectivity index (χ3v) is 5.47. The fourth-order valence-corrected chi connectivity index (χ4v) is 3.49. The van der Waals surface area contributed by atoms with Gasteiger partial charge in [0, 0.05) is 6.54 Å². The van der Waals surface area contributed by atoms with E-state index in [0.29, 0.717) is 18.3 Å². The lowest BCUT2D eigenvalue weighted by Gasteiger charge is -2.08. The van der Waals surface area contributed by atoms with Crippen LogP contribution < -0.4 is 4.72 Å². The first kappa shape index (κ1) is 19.2. The first-order valence-electron chi connectivity index (χ1n) is 8.47. The van der Waals surface area contributed by atoms with Gasteiger partial charge in [-0.05, 0) is 49.4 Å². The number of aryl methyl sites for hydroxylation is 1. The van der Waals surface area contributed by atoms with Crippen molar-refractivity contribution in [3.8, 4) is 0 Å². The minimum Gasteiger partial charge on any atom is -0.272 e. The van der Waals surface area contributed by atoms with Crippen LogP contribution in [0.4, 0.5) is 0 Å². The van der Waals surface area contributed by atoms with Gasteiger partial charge in [-0.2, -0.15) is 0 Å². The Hall–Kier alpha value is -2.14. The fourth-order valence-electron chi connectivity index (χ4n) is 2.42. The first-order valence-corrected chi connectivity index (χ1v) is 9.95. The van der Waals surface area contributed by atoms with E-state index in [1.807, 2.05) is 6.92 Å². The molecule has 5 heteroatoms. The van der Waals surface area contributed by atoms with Gasteiger partial charge in [0.25, 0.3) is 10.0 Å². The molecule has 0 aromatic heterocycles. The Morgan fingerprint density at radius 1 is 1.04 bits per heavy atom. The van der Waals surface area contributed by atoms with Crippen LogP contribution in [0.15, 0.2) is 58.4 Å². The van der Waals surface area contributed by atoms with Gasteiger partial charge in [0.05, 0.1) is 4.90 Å². The molecule has 4 nitrogen and oxygen atoms in total. The Bertz CT molecular complexity index is 821. The van der Waals surface area contributed by atoms with Crippen LogP contribution in [0.2, 0.25) is 0 Å². The first-order chi connectivity index (χ1) is 11.8. The number of rotatable bonds is 6. The van der Waals surface area contributed by atoms with Gasteiger partial charge in [0.2, 0.25) is 0 Å². The average Bonchev–Trinajstić information content (AvgIpc) is 2.55. The van der Waals surface area contributed by atoms with E-state index in [2.05, 4.69) is 47.8 Å². The maximum Gasteiger partial charge on any atom is 0.262 e. The lowest BCUT2D eigenvalue weighted by atomic mass is 10.0. The van der Waals surface area contributed by atoms with Crippen molar-refractivity contribution in [2.45, 2.75) is 44.9 Å². The highest BCUT2D eigenvalue weighted by atomic mass is 32.2. The van der Waals surface area contributed by atoms with Crippen molar-refractivity contribution in [1.82, 2.24) is 4.72 Å². The number of nitrogens with zero attached hydrogens (tertiary/aromatic N) is 1. The molecule has 25 heavy (non-hydrogen) atoms. The average molecular weight is 359 g/mol. The second-order valence-electron chi connectivity index (χ2n) is 6.53. The Kier molecular flexibility index (Phi) is 6.37. The quantitative estimate of drug-likeness (QED) is 0.625. The van der Waals surface area contributed by atoms with Gasteiger partial charge in [-0.15, -0.1) is 0 Å². The third kappa shape index (κ3) is 5.71. The van der Waals surface area contributed by atoms with Crippen molar-refractivity contribution < 1.29 is 8.42 Å². The molecule has 0 spiro atoms. The fraction of sp³-hybridized carbons (Fsp3) is 0.350. The molecule has 0 aliphatic rings. The van der Waals surface area contributed by atoms with E-state index in [0.717, 1.165) is 12.0 Å². The van der Waals surface area contributed by atoms with Crippen LogP contribution >= 0.6 is 0 Å². The molecule has 0 saturated carbocycles. The van der Waals surface area contributed by atoms with Crippen molar-refractivity contribution in [3.63, 3.8) is 0 Å². The van der Waals surface area contributed by atoms with E-state index >= 15 is 0 Å². The molecule has 0 fully saturated rings. The molecule has 1 N–H and O–H groups in total. The number of benzene rings is 2. The highest BCUT2D eigenvalue weighted by Crippen LogP contribution is 2.15. The predicted molar refractivity (Wildman–Crippen MR) is 104 cm³/mol. The van der Waals surface area contributed by atoms with Crippen LogP contribution in [0.5, 0.6) is 0 Å². The van der Waals surface area contributed by atoms with Crippen LogP contribution in [0.25, 0.3) is 0 Å². The van der Waals surface area contributed by atoms with E-state index in [4.69, 9.17) is 0 Å². The molecule has 0 unspecified atom stereocenters. The van der Waals surface area contributed by atoms with Gasteiger partial charge in [-0.25, -0.2) is 8.42 Å². The van der Waals surface area contributed by atoms with E-state index in [1.165, 1.54) is 11.1 Å². The van der Waals surface area contributed by atoms with E-state index in [-0.39, 0.29) is 4.90 Å². The monoisotopic (exact) mass is 358 g/mol. The summed E-state index contributed by atoms with van der Waals surface area (Å²) in [6.07, 6.45) is 0.780. The number of nitrogens with one attached hydrogen (secondary N) is 1. The van der Waals surface area contributed by atoms with Gasteiger partial charge in [-0.3, -0.25) is 9.71 Å². The Labute approximate surface area is 151 Å². The normalized spacial score (nSPS) is 12.4. The van der Waals surface area contributed by atoms with Gasteiger partial charge in [0.15, 0.2) is 0 Å². The highest BCUT2D eigenvalue weighted by molar-refractivity contribution is 7.90. The van der Waals surface area contributed by atoms with Crippen molar-refractivity contribution >= 4 is 15.9 Å². The Balaban J connectivity index is 1.93. The summed E-state index contributed by atoms with van der Waals surface area (Å²) in [5.74, 6) is 0.921. The molecule has 2 rings (SSSR count). The van der Waals surface area contributed by atoms with E-state index in [9.17, 15) is 8.42 Å². The van der Waals surface area contributed by atoms with Crippen molar-refractivity contribution in [3.05, 3.63) is 65.2 Å². The second kappa shape index (κ2) is 8.30. The zero-order chi connectivity index (χ0) is 18.4. The molecule has 0 bridgehead atoms. The number of hydrogen-bond acceptors (Lipinski definition) is 3. The molecular weight excluding hydrogens is 332 g/mol. The maximum absolute atomic E-state index is 12.3. The smallest absolute Gasteiger partial charge is 0.262 e. The van der Waals surface area contributed by atoms with E-state index < -0.39 is 10.0 Å². The number of sulfonamides is 1. The Morgan fingerprint density at radius 3 is 2.20 bits per heavy atom. The van der Waals surface area contributed by atoms with Crippen LogP contribution in [0, 0.1) is 6.92 Å². The van der Waals surface area contributed by atoms with Crippen molar-refractivity contribution in [2.75, 3.05) is 6.54 Å². The van der Waals surface area contributed by atoms with Gasteiger partial charge in [0.1, 0.15) is 5.84 Å². The molecule has 0 amide bonds. The van der Waals surface area contributed by atoms with Crippen LogP contribution in [-0.4, -0.2) is 20.8 Å². The Morgan fingerprint density at radius 2 is 1.64 bits per heavy atom. The van der Waals surface area contributed by atoms with Crippen LogP contribution in [0.3, 0.4) is 0 Å². The molecule has 0 aliphatic carbocycles. The molecule has 134 valence electrons. The summed E-state index contributed by atoms with van der Waals surface area (Å²) in [4.78, 5) is 4.58.